The van der Waals surface area contributed by atoms with Gasteiger partial charge in [-0.15, -0.1) is 5.10 Å². The van der Waals surface area contributed by atoms with Gasteiger partial charge in [0.2, 0.25) is 5.95 Å². The van der Waals surface area contributed by atoms with Crippen molar-refractivity contribution in [2.45, 2.75) is 43.9 Å². The molecule has 11 heteroatoms. The summed E-state index contributed by atoms with van der Waals surface area (Å²) in [7, 11) is 0. The zero-order chi connectivity index (χ0) is 20.9. The first-order valence-corrected chi connectivity index (χ1v) is 9.68. The number of pyridine rings is 1. The highest BCUT2D eigenvalue weighted by atomic mass is 19.4. The predicted molar refractivity (Wildman–Crippen MR) is 105 cm³/mol. The number of aromatic amines is 1. The van der Waals surface area contributed by atoms with E-state index >= 15 is 0 Å². The molecule has 5 rings (SSSR count). The Hall–Kier alpha value is -3.21. The second kappa shape index (κ2) is 6.94. The molecular formula is C19H19F3N8. The number of H-pyrrole nitrogens is 1. The summed E-state index contributed by atoms with van der Waals surface area (Å²) in [5, 5.41) is 14.8. The van der Waals surface area contributed by atoms with Gasteiger partial charge in [-0.2, -0.15) is 18.3 Å². The molecule has 0 saturated heterocycles. The molecule has 4 N–H and O–H groups in total. The third-order valence-electron chi connectivity index (χ3n) is 5.42. The summed E-state index contributed by atoms with van der Waals surface area (Å²) in [6.45, 7) is 0. The largest absolute Gasteiger partial charge is 0.420 e. The number of nitrogens with zero attached hydrogens (tertiary/aromatic N) is 5. The molecule has 0 unspecified atom stereocenters. The van der Waals surface area contributed by atoms with Gasteiger partial charge in [-0.05, 0) is 37.8 Å². The second-order valence-corrected chi connectivity index (χ2v) is 7.55. The molecule has 2 atom stereocenters. The summed E-state index contributed by atoms with van der Waals surface area (Å²) >= 11 is 0. The molecule has 0 aromatic carbocycles. The minimum atomic E-state index is -4.63. The summed E-state index contributed by atoms with van der Waals surface area (Å²) in [4.78, 5) is 8.16. The van der Waals surface area contributed by atoms with Gasteiger partial charge in [0.15, 0.2) is 5.65 Å². The lowest BCUT2D eigenvalue weighted by Gasteiger charge is -2.27. The number of anilines is 1. The Morgan fingerprint density at radius 2 is 2.07 bits per heavy atom. The van der Waals surface area contributed by atoms with Gasteiger partial charge < -0.3 is 11.1 Å². The van der Waals surface area contributed by atoms with Gasteiger partial charge in [0.1, 0.15) is 17.0 Å². The zero-order valence-corrected chi connectivity index (χ0v) is 15.8. The Morgan fingerprint density at radius 1 is 1.20 bits per heavy atom. The standard InChI is InChI=1S/C19H19F3N8/c20-19(21,22)12-9-24-18(25-11-5-3-4-10(23)8-11)26-15(12)16-14-13-6-1-2-7-30(13)29-17(14)28-27-16/h1-2,6-7,9-11H,3-5,8,23H2,(H,28,29)(H,24,25,26)/t10-,11-/m0/s1. The van der Waals surface area contributed by atoms with Crippen LogP contribution >= 0.6 is 0 Å². The number of fused-ring (bicyclic) bond motifs is 3. The van der Waals surface area contributed by atoms with E-state index in [1.54, 1.807) is 28.9 Å². The van der Waals surface area contributed by atoms with Crippen LogP contribution in [0.5, 0.6) is 0 Å². The molecule has 1 fully saturated rings. The fourth-order valence-corrected chi connectivity index (χ4v) is 4.03. The molecule has 1 aliphatic carbocycles. The topological polar surface area (TPSA) is 110 Å². The van der Waals surface area contributed by atoms with Crippen LogP contribution in [-0.2, 0) is 6.18 Å². The zero-order valence-electron chi connectivity index (χ0n) is 15.8. The number of hydrogen-bond donors (Lipinski definition) is 3. The first-order chi connectivity index (χ1) is 14.4. The van der Waals surface area contributed by atoms with Crippen LogP contribution in [0.4, 0.5) is 19.1 Å². The number of rotatable bonds is 3. The van der Waals surface area contributed by atoms with Crippen LogP contribution in [0.25, 0.3) is 27.9 Å². The van der Waals surface area contributed by atoms with Crippen molar-refractivity contribution in [3.05, 3.63) is 36.2 Å². The quantitative estimate of drug-likeness (QED) is 0.472. The third-order valence-corrected chi connectivity index (χ3v) is 5.42. The van der Waals surface area contributed by atoms with Crippen LogP contribution in [0.1, 0.15) is 31.2 Å². The first-order valence-electron chi connectivity index (χ1n) is 9.68. The molecule has 156 valence electrons. The van der Waals surface area contributed by atoms with Crippen LogP contribution in [0, 0.1) is 0 Å². The number of alkyl halides is 3. The van der Waals surface area contributed by atoms with E-state index in [4.69, 9.17) is 5.73 Å². The van der Waals surface area contributed by atoms with Gasteiger partial charge in [-0.25, -0.2) is 14.5 Å². The van der Waals surface area contributed by atoms with Gasteiger partial charge in [0.25, 0.3) is 0 Å². The lowest BCUT2D eigenvalue weighted by Crippen LogP contribution is -2.35. The Balaban J connectivity index is 1.63. The minimum absolute atomic E-state index is 0.0227. The second-order valence-electron chi connectivity index (χ2n) is 7.55. The smallest absolute Gasteiger partial charge is 0.351 e. The maximum absolute atomic E-state index is 13.7. The lowest BCUT2D eigenvalue weighted by molar-refractivity contribution is -0.137. The van der Waals surface area contributed by atoms with Crippen molar-refractivity contribution in [3.63, 3.8) is 0 Å². The van der Waals surface area contributed by atoms with Crippen molar-refractivity contribution < 1.29 is 13.2 Å². The van der Waals surface area contributed by atoms with E-state index in [-0.39, 0.29) is 29.4 Å². The summed E-state index contributed by atoms with van der Waals surface area (Å²) in [5.41, 5.74) is 5.89. The number of hydrogen-bond acceptors (Lipinski definition) is 6. The van der Waals surface area contributed by atoms with Crippen LogP contribution in [-0.4, -0.2) is 41.9 Å². The monoisotopic (exact) mass is 416 g/mol. The van der Waals surface area contributed by atoms with Crippen LogP contribution in [0.3, 0.4) is 0 Å². The average Bonchev–Trinajstić information content (AvgIpc) is 3.26. The molecule has 1 aliphatic rings. The van der Waals surface area contributed by atoms with E-state index in [1.807, 2.05) is 0 Å². The van der Waals surface area contributed by atoms with E-state index in [1.165, 1.54) is 0 Å². The third kappa shape index (κ3) is 3.24. The molecule has 30 heavy (non-hydrogen) atoms. The van der Waals surface area contributed by atoms with Gasteiger partial charge >= 0.3 is 6.18 Å². The number of halogens is 3. The summed E-state index contributed by atoms with van der Waals surface area (Å²) in [6, 6.07) is 5.43. The molecule has 1 saturated carbocycles. The maximum atomic E-state index is 13.7. The summed E-state index contributed by atoms with van der Waals surface area (Å²) < 4.78 is 42.8. The van der Waals surface area contributed by atoms with Gasteiger partial charge in [0, 0.05) is 24.5 Å². The fraction of sp³-hybridized carbons (Fsp3) is 0.368. The average molecular weight is 416 g/mol. The van der Waals surface area contributed by atoms with Crippen LogP contribution in [0.2, 0.25) is 0 Å². The first kappa shape index (κ1) is 18.8. The highest BCUT2D eigenvalue weighted by Gasteiger charge is 2.37. The minimum Gasteiger partial charge on any atom is -0.351 e. The Bertz CT molecular complexity index is 1210. The number of aromatic nitrogens is 6. The van der Waals surface area contributed by atoms with Crippen molar-refractivity contribution in [2.75, 3.05) is 5.32 Å². The van der Waals surface area contributed by atoms with Crippen molar-refractivity contribution >= 4 is 22.5 Å². The van der Waals surface area contributed by atoms with Crippen LogP contribution < -0.4 is 11.1 Å². The highest BCUT2D eigenvalue weighted by molar-refractivity contribution is 6.02. The molecule has 4 aromatic heterocycles. The van der Waals surface area contributed by atoms with Gasteiger partial charge in [-0.1, -0.05) is 6.07 Å². The highest BCUT2D eigenvalue weighted by Crippen LogP contribution is 2.38. The molecule has 4 aromatic rings. The number of nitrogens with two attached hydrogens (primary N) is 1. The van der Waals surface area contributed by atoms with Crippen molar-refractivity contribution in [3.8, 4) is 11.4 Å². The predicted octanol–water partition coefficient (Wildman–Crippen LogP) is 3.37. The van der Waals surface area contributed by atoms with Crippen molar-refractivity contribution in [1.29, 1.82) is 0 Å². The van der Waals surface area contributed by atoms with E-state index in [9.17, 15) is 13.2 Å². The van der Waals surface area contributed by atoms with E-state index in [2.05, 4.69) is 30.6 Å². The summed E-state index contributed by atoms with van der Waals surface area (Å²) in [6.07, 6.45) is 1.38. The molecule has 4 heterocycles. The molecule has 0 spiro atoms. The maximum Gasteiger partial charge on any atom is 0.420 e. The fourth-order valence-electron chi connectivity index (χ4n) is 4.03. The van der Waals surface area contributed by atoms with E-state index < -0.39 is 11.7 Å². The molecule has 0 radical (unpaired) electrons. The lowest BCUT2D eigenvalue weighted by atomic mass is 9.92. The van der Waals surface area contributed by atoms with Gasteiger partial charge in [-0.3, -0.25) is 5.10 Å². The molecule has 0 amide bonds. The van der Waals surface area contributed by atoms with Crippen molar-refractivity contribution in [2.24, 2.45) is 5.73 Å². The van der Waals surface area contributed by atoms with E-state index in [0.29, 0.717) is 16.6 Å². The Kier molecular flexibility index (Phi) is 4.35. The molecule has 0 aliphatic heterocycles. The molecule has 8 nitrogen and oxygen atoms in total. The SMILES string of the molecule is N[C@H]1CCC[C@H](Nc2ncc(C(F)(F)F)c(-c3n[nH]c4nn5ccccc5c34)n2)C1. The number of nitrogens with one attached hydrogen (secondary N) is 2. The van der Waals surface area contributed by atoms with Crippen molar-refractivity contribution in [1.82, 2.24) is 29.8 Å². The van der Waals surface area contributed by atoms with E-state index in [0.717, 1.165) is 31.9 Å². The molecule has 0 bridgehead atoms. The molecular weight excluding hydrogens is 397 g/mol. The Morgan fingerprint density at radius 3 is 2.87 bits per heavy atom. The van der Waals surface area contributed by atoms with Gasteiger partial charge in [0.05, 0.1) is 10.9 Å². The summed E-state index contributed by atoms with van der Waals surface area (Å²) in [5.74, 6) is 0.129. The normalized spacial score (nSPS) is 20.1. The van der Waals surface area contributed by atoms with Crippen LogP contribution in [0.15, 0.2) is 30.6 Å². The Labute approximate surface area is 168 Å².